The summed E-state index contributed by atoms with van der Waals surface area (Å²) >= 11 is 1.22. The number of primary amides is 1. The lowest BCUT2D eigenvalue weighted by molar-refractivity contribution is 0.0964. The molecule has 1 saturated heterocycles. The maximum Gasteiger partial charge on any atom is 0.260 e. The van der Waals surface area contributed by atoms with Crippen LogP contribution >= 0.6 is 11.3 Å². The minimum Gasteiger partial charge on any atom is -0.397 e. The second-order valence-corrected chi connectivity index (χ2v) is 5.87. The van der Waals surface area contributed by atoms with Crippen LogP contribution in [0.3, 0.4) is 0 Å². The van der Waals surface area contributed by atoms with Crippen LogP contribution in [0.1, 0.15) is 45.7 Å². The van der Waals surface area contributed by atoms with Crippen molar-refractivity contribution in [2.45, 2.75) is 25.7 Å². The highest BCUT2D eigenvalue weighted by atomic mass is 32.1. The molecule has 5 N–H and O–H groups in total. The SMILES string of the molecule is CNC(=O)c1c(N2CCCCCC2)sc(C(N)=O)c1N. The van der Waals surface area contributed by atoms with E-state index in [2.05, 4.69) is 10.2 Å². The first kappa shape index (κ1) is 14.6. The zero-order valence-corrected chi connectivity index (χ0v) is 12.4. The molecule has 1 fully saturated rings. The van der Waals surface area contributed by atoms with E-state index in [1.807, 2.05) is 0 Å². The predicted molar refractivity (Wildman–Crippen MR) is 81.3 cm³/mol. The fourth-order valence-electron chi connectivity index (χ4n) is 2.46. The number of thiophene rings is 1. The number of nitrogens with zero attached hydrogens (tertiary/aromatic N) is 1. The average Bonchev–Trinajstić information content (AvgIpc) is 2.63. The van der Waals surface area contributed by atoms with Gasteiger partial charge in [-0.25, -0.2) is 0 Å². The number of nitrogens with two attached hydrogens (primary N) is 2. The van der Waals surface area contributed by atoms with Crippen LogP contribution in [0.25, 0.3) is 0 Å². The van der Waals surface area contributed by atoms with Crippen molar-refractivity contribution in [2.75, 3.05) is 30.8 Å². The van der Waals surface area contributed by atoms with Gasteiger partial charge in [0.05, 0.1) is 11.3 Å². The van der Waals surface area contributed by atoms with Crippen LogP contribution in [-0.2, 0) is 0 Å². The number of carbonyl (C=O) groups is 2. The molecule has 1 aliphatic heterocycles. The molecule has 0 bridgehead atoms. The number of hydrogen-bond acceptors (Lipinski definition) is 5. The van der Waals surface area contributed by atoms with E-state index in [4.69, 9.17) is 11.5 Å². The number of hydrogen-bond donors (Lipinski definition) is 3. The molecule has 1 aliphatic rings. The van der Waals surface area contributed by atoms with E-state index in [9.17, 15) is 9.59 Å². The van der Waals surface area contributed by atoms with E-state index < -0.39 is 5.91 Å². The molecule has 7 heteroatoms. The first-order valence-corrected chi connectivity index (χ1v) is 7.57. The Morgan fingerprint density at radius 1 is 1.20 bits per heavy atom. The lowest BCUT2D eigenvalue weighted by atomic mass is 10.2. The minimum atomic E-state index is -0.585. The van der Waals surface area contributed by atoms with Crippen molar-refractivity contribution < 1.29 is 9.59 Å². The van der Waals surface area contributed by atoms with E-state index >= 15 is 0 Å². The smallest absolute Gasteiger partial charge is 0.260 e. The van der Waals surface area contributed by atoms with Crippen molar-refractivity contribution in [3.8, 4) is 0 Å². The zero-order chi connectivity index (χ0) is 14.7. The van der Waals surface area contributed by atoms with Gasteiger partial charge in [0.1, 0.15) is 9.88 Å². The molecule has 0 unspecified atom stereocenters. The summed E-state index contributed by atoms with van der Waals surface area (Å²) in [6, 6.07) is 0. The first-order chi connectivity index (χ1) is 9.56. The number of amides is 2. The van der Waals surface area contributed by atoms with Gasteiger partial charge in [-0.05, 0) is 12.8 Å². The van der Waals surface area contributed by atoms with E-state index in [1.165, 1.54) is 24.2 Å². The van der Waals surface area contributed by atoms with Crippen LogP contribution in [0.4, 0.5) is 10.7 Å². The van der Waals surface area contributed by atoms with Gasteiger partial charge in [-0.1, -0.05) is 12.8 Å². The van der Waals surface area contributed by atoms with Gasteiger partial charge < -0.3 is 21.7 Å². The number of rotatable bonds is 3. The van der Waals surface area contributed by atoms with Gasteiger partial charge in [-0.2, -0.15) is 0 Å². The molecule has 0 aliphatic carbocycles. The summed E-state index contributed by atoms with van der Waals surface area (Å²) in [6.07, 6.45) is 4.54. The molecule has 2 rings (SSSR count). The summed E-state index contributed by atoms with van der Waals surface area (Å²) in [7, 11) is 1.55. The highest BCUT2D eigenvalue weighted by molar-refractivity contribution is 7.19. The molecule has 6 nitrogen and oxygen atoms in total. The Balaban J connectivity index is 2.46. The summed E-state index contributed by atoms with van der Waals surface area (Å²) in [6.45, 7) is 1.75. The summed E-state index contributed by atoms with van der Waals surface area (Å²) < 4.78 is 0. The van der Waals surface area contributed by atoms with Crippen molar-refractivity contribution in [3.63, 3.8) is 0 Å². The van der Waals surface area contributed by atoms with Gasteiger partial charge in [-0.15, -0.1) is 11.3 Å². The number of nitrogens with one attached hydrogen (secondary N) is 1. The normalized spacial score (nSPS) is 15.8. The van der Waals surface area contributed by atoms with Gasteiger partial charge in [0, 0.05) is 20.1 Å². The fourth-order valence-corrected chi connectivity index (χ4v) is 3.58. The Kier molecular flexibility index (Phi) is 4.49. The molecule has 1 aromatic rings. The summed E-state index contributed by atoms with van der Waals surface area (Å²) in [5.41, 5.74) is 11.9. The Morgan fingerprint density at radius 2 is 1.80 bits per heavy atom. The van der Waals surface area contributed by atoms with Crippen LogP contribution in [-0.4, -0.2) is 32.0 Å². The van der Waals surface area contributed by atoms with Crippen LogP contribution in [0.15, 0.2) is 0 Å². The van der Waals surface area contributed by atoms with Gasteiger partial charge in [-0.3, -0.25) is 9.59 Å². The zero-order valence-electron chi connectivity index (χ0n) is 11.6. The van der Waals surface area contributed by atoms with Gasteiger partial charge in [0.2, 0.25) is 0 Å². The summed E-state index contributed by atoms with van der Waals surface area (Å²) in [5, 5.41) is 3.34. The molecule has 0 aromatic carbocycles. The van der Waals surface area contributed by atoms with Crippen molar-refractivity contribution >= 4 is 33.8 Å². The quantitative estimate of drug-likeness (QED) is 0.779. The lowest BCUT2D eigenvalue weighted by Crippen LogP contribution is -2.27. The maximum atomic E-state index is 12.1. The fraction of sp³-hybridized carbons (Fsp3) is 0.538. The van der Waals surface area contributed by atoms with Gasteiger partial charge >= 0.3 is 0 Å². The average molecular weight is 296 g/mol. The van der Waals surface area contributed by atoms with E-state index in [-0.39, 0.29) is 16.5 Å². The largest absolute Gasteiger partial charge is 0.397 e. The molecule has 0 saturated carbocycles. The molecular formula is C13H20N4O2S. The summed E-state index contributed by atoms with van der Waals surface area (Å²) in [4.78, 5) is 25.9. The third-order valence-corrected chi connectivity index (χ3v) is 4.78. The maximum absolute atomic E-state index is 12.1. The Morgan fingerprint density at radius 3 is 2.30 bits per heavy atom. The monoisotopic (exact) mass is 296 g/mol. The minimum absolute atomic E-state index is 0.195. The van der Waals surface area contributed by atoms with Crippen LogP contribution in [0, 0.1) is 0 Å². The molecule has 20 heavy (non-hydrogen) atoms. The lowest BCUT2D eigenvalue weighted by Gasteiger charge is -2.22. The molecule has 2 amide bonds. The molecule has 0 atom stereocenters. The molecule has 2 heterocycles. The topological polar surface area (TPSA) is 101 Å². The standard InChI is InChI=1S/C13H20N4O2S/c1-16-12(19)8-9(14)10(11(15)18)20-13(8)17-6-4-2-3-5-7-17/h2-7,14H2,1H3,(H2,15,18)(H,16,19). The van der Waals surface area contributed by atoms with Crippen molar-refractivity contribution in [3.05, 3.63) is 10.4 Å². The molecular weight excluding hydrogens is 276 g/mol. The van der Waals surface area contributed by atoms with Gasteiger partial charge in [0.25, 0.3) is 11.8 Å². The van der Waals surface area contributed by atoms with E-state index in [0.717, 1.165) is 30.9 Å². The summed E-state index contributed by atoms with van der Waals surface area (Å²) in [5.74, 6) is -0.857. The second-order valence-electron chi connectivity index (χ2n) is 4.87. The number of carbonyl (C=O) groups excluding carboxylic acids is 2. The van der Waals surface area contributed by atoms with E-state index in [1.54, 1.807) is 7.05 Å². The molecule has 0 radical (unpaired) electrons. The van der Waals surface area contributed by atoms with E-state index in [0.29, 0.717) is 5.56 Å². The highest BCUT2D eigenvalue weighted by Crippen LogP contribution is 2.38. The molecule has 110 valence electrons. The number of nitrogen functional groups attached to an aromatic ring is 1. The van der Waals surface area contributed by atoms with Crippen molar-refractivity contribution in [2.24, 2.45) is 5.73 Å². The third-order valence-electron chi connectivity index (χ3n) is 3.50. The second kappa shape index (κ2) is 6.13. The van der Waals surface area contributed by atoms with Gasteiger partial charge in [0.15, 0.2) is 0 Å². The Bertz CT molecular complexity index is 519. The third kappa shape index (κ3) is 2.72. The Labute approximate surface area is 122 Å². The van der Waals surface area contributed by atoms with Crippen molar-refractivity contribution in [1.29, 1.82) is 0 Å². The molecule has 0 spiro atoms. The first-order valence-electron chi connectivity index (χ1n) is 6.75. The van der Waals surface area contributed by atoms with Crippen LogP contribution in [0.5, 0.6) is 0 Å². The Hall–Kier alpha value is -1.76. The predicted octanol–water partition coefficient (Wildman–Crippen LogP) is 1.17. The molecule has 1 aromatic heterocycles. The highest BCUT2D eigenvalue weighted by Gasteiger charge is 2.27. The van der Waals surface area contributed by atoms with Crippen LogP contribution < -0.4 is 21.7 Å². The van der Waals surface area contributed by atoms with Crippen LogP contribution in [0.2, 0.25) is 0 Å². The van der Waals surface area contributed by atoms with Crippen molar-refractivity contribution in [1.82, 2.24) is 5.32 Å². The number of anilines is 2.